The van der Waals surface area contributed by atoms with Gasteiger partial charge in [0, 0.05) is 40.9 Å². The van der Waals surface area contributed by atoms with E-state index in [1.165, 1.54) is 24.2 Å². The number of hydrogen-bond donors (Lipinski definition) is 4. The topological polar surface area (TPSA) is 178 Å². The average Bonchev–Trinajstić information content (AvgIpc) is 3.68. The molecular weight excluding hydrogens is 566 g/mol. The molecule has 2 aromatic carbocycles. The highest BCUT2D eigenvalue weighted by atomic mass is 35.5. The minimum absolute atomic E-state index is 0.121. The Balaban J connectivity index is 1.39. The molecule has 0 radical (unpaired) electrons. The van der Waals surface area contributed by atoms with Crippen molar-refractivity contribution in [3.8, 4) is 16.9 Å². The van der Waals surface area contributed by atoms with Gasteiger partial charge in [-0.2, -0.15) is 4.68 Å². The van der Waals surface area contributed by atoms with E-state index in [-0.39, 0.29) is 25.5 Å². The second-order valence-corrected chi connectivity index (χ2v) is 9.57. The summed E-state index contributed by atoms with van der Waals surface area (Å²) in [5.74, 6) is -0.160. The maximum Gasteiger partial charge on any atom is 0.411 e. The summed E-state index contributed by atoms with van der Waals surface area (Å²) in [6.45, 7) is 0.411. The summed E-state index contributed by atoms with van der Waals surface area (Å²) in [5, 5.41) is 20.1. The summed E-state index contributed by atoms with van der Waals surface area (Å²) in [7, 11) is 1.26. The number of aromatic amines is 1. The molecule has 0 fully saturated rings. The summed E-state index contributed by atoms with van der Waals surface area (Å²) in [6, 6.07) is 9.56. The number of ether oxygens (including phenoxy) is 2. The van der Waals surface area contributed by atoms with Gasteiger partial charge in [-0.3, -0.25) is 14.9 Å². The number of fused-ring (bicyclic) bond motifs is 4. The van der Waals surface area contributed by atoms with E-state index >= 15 is 0 Å². The minimum atomic E-state index is -0.637. The number of carbonyl (C=O) groups is 3. The van der Waals surface area contributed by atoms with Gasteiger partial charge in [0.25, 0.3) is 0 Å². The fraction of sp³-hybridized carbons (Fsp3) is 0.222. The zero-order valence-electron chi connectivity index (χ0n) is 22.3. The van der Waals surface area contributed by atoms with E-state index in [1.54, 1.807) is 48.7 Å². The Kier molecular flexibility index (Phi) is 8.84. The third-order valence-corrected chi connectivity index (χ3v) is 6.47. The van der Waals surface area contributed by atoms with Crippen molar-refractivity contribution in [1.82, 2.24) is 35.5 Å². The van der Waals surface area contributed by atoms with Gasteiger partial charge in [-0.1, -0.05) is 11.6 Å². The van der Waals surface area contributed by atoms with Gasteiger partial charge in [0.1, 0.15) is 18.2 Å². The first-order valence-corrected chi connectivity index (χ1v) is 13.2. The lowest BCUT2D eigenvalue weighted by atomic mass is 10.1. The highest BCUT2D eigenvalue weighted by Gasteiger charge is 2.21. The van der Waals surface area contributed by atoms with E-state index < -0.39 is 18.0 Å². The highest BCUT2D eigenvalue weighted by Crippen LogP contribution is 2.31. The number of amides is 3. The Morgan fingerprint density at radius 3 is 2.93 bits per heavy atom. The molecule has 2 bridgehead atoms. The van der Waals surface area contributed by atoms with Crippen LogP contribution >= 0.6 is 11.6 Å². The molecule has 42 heavy (non-hydrogen) atoms. The van der Waals surface area contributed by atoms with Crippen molar-refractivity contribution < 1.29 is 23.9 Å². The summed E-state index contributed by atoms with van der Waals surface area (Å²) in [5.41, 5.74) is 3.40. The third kappa shape index (κ3) is 6.97. The number of nitrogens with zero attached hydrogens (tertiary/aromatic N) is 5. The van der Waals surface area contributed by atoms with Crippen molar-refractivity contribution in [3.63, 3.8) is 0 Å². The second kappa shape index (κ2) is 13.1. The van der Waals surface area contributed by atoms with Crippen molar-refractivity contribution in [2.75, 3.05) is 31.0 Å². The van der Waals surface area contributed by atoms with Gasteiger partial charge in [-0.15, -0.1) is 5.10 Å². The fourth-order valence-electron chi connectivity index (χ4n) is 4.24. The largest absolute Gasteiger partial charge is 0.453 e. The first kappa shape index (κ1) is 28.4. The van der Waals surface area contributed by atoms with E-state index in [0.717, 1.165) is 0 Å². The first-order chi connectivity index (χ1) is 20.4. The van der Waals surface area contributed by atoms with E-state index in [1.807, 2.05) is 0 Å². The number of anilines is 2. The number of carbonyl (C=O) groups excluding carboxylic acids is 3. The van der Waals surface area contributed by atoms with Crippen molar-refractivity contribution in [2.45, 2.75) is 18.9 Å². The van der Waals surface area contributed by atoms with Crippen LogP contribution in [-0.4, -0.2) is 68.4 Å². The van der Waals surface area contributed by atoms with Crippen LogP contribution in [0.25, 0.3) is 23.0 Å². The number of methoxy groups -OCH3 is 1. The number of halogens is 1. The van der Waals surface area contributed by atoms with Gasteiger partial charge in [0.15, 0.2) is 0 Å². The molecule has 1 aliphatic rings. The van der Waals surface area contributed by atoms with Gasteiger partial charge >= 0.3 is 6.09 Å². The zero-order chi connectivity index (χ0) is 29.5. The predicted molar refractivity (Wildman–Crippen MR) is 153 cm³/mol. The lowest BCUT2D eigenvalue weighted by Gasteiger charge is -2.16. The fourth-order valence-corrected chi connectivity index (χ4v) is 4.42. The third-order valence-electron chi connectivity index (χ3n) is 6.23. The molecule has 0 unspecified atom stereocenters. The number of hydrogen-bond acceptors (Lipinski definition) is 9. The number of H-pyrrole nitrogens is 1. The van der Waals surface area contributed by atoms with Gasteiger partial charge < -0.3 is 25.1 Å². The molecule has 0 aliphatic carbocycles. The van der Waals surface area contributed by atoms with Gasteiger partial charge in [0.05, 0.1) is 37.0 Å². The Labute approximate surface area is 244 Å². The van der Waals surface area contributed by atoms with Crippen LogP contribution in [0.15, 0.2) is 55.0 Å². The molecule has 3 heterocycles. The second-order valence-electron chi connectivity index (χ2n) is 9.14. The van der Waals surface area contributed by atoms with Crippen LogP contribution in [0.5, 0.6) is 0 Å². The molecule has 0 saturated carbocycles. The standard InChI is InChI=1S/C27H26ClN9O5/c1-41-27(40)31-18-6-7-19-20(12-18)32-24(38)3-2-10-42-14-22(26-29-13-21(19)34-26)33-25(39)9-4-16-11-17(28)5-8-23(16)37-15-30-35-36-37/h4-9,11-13,15,22H,2-3,10,14H2,1H3,(H,29,34)(H,31,40)(H,32,38)(H,33,39)/t22-/m0/s1. The number of tetrazole rings is 1. The van der Waals surface area contributed by atoms with E-state index in [9.17, 15) is 14.4 Å². The molecule has 4 N–H and O–H groups in total. The van der Waals surface area contributed by atoms with Gasteiger partial charge in [-0.05, 0) is 59.3 Å². The molecule has 1 aliphatic heterocycles. The summed E-state index contributed by atoms with van der Waals surface area (Å²) in [4.78, 5) is 45.1. The molecule has 0 spiro atoms. The number of benzene rings is 2. The summed E-state index contributed by atoms with van der Waals surface area (Å²) in [6.07, 6.45) is 6.05. The lowest BCUT2D eigenvalue weighted by Crippen LogP contribution is -2.31. The summed E-state index contributed by atoms with van der Waals surface area (Å²) < 4.78 is 11.9. The normalized spacial score (nSPS) is 15.5. The molecule has 4 aromatic rings. The SMILES string of the molecule is COC(=O)Nc1ccc2c(c1)NC(=O)CCCOC[C@H](NC(=O)C=Cc1cc(Cl)ccc1-n1cnnn1)c1ncc-2[nH]1. The van der Waals surface area contributed by atoms with Gasteiger partial charge in [0.2, 0.25) is 11.8 Å². The number of imidazole rings is 1. The molecule has 216 valence electrons. The minimum Gasteiger partial charge on any atom is -0.453 e. The molecule has 1 atom stereocenters. The Bertz CT molecular complexity index is 1620. The molecule has 3 amide bonds. The maximum absolute atomic E-state index is 13.0. The zero-order valence-corrected chi connectivity index (χ0v) is 23.1. The van der Waals surface area contributed by atoms with Crippen molar-refractivity contribution in [1.29, 1.82) is 0 Å². The van der Waals surface area contributed by atoms with Gasteiger partial charge in [-0.25, -0.2) is 9.78 Å². The van der Waals surface area contributed by atoms with Crippen molar-refractivity contribution in [3.05, 3.63) is 71.4 Å². The predicted octanol–water partition coefficient (Wildman–Crippen LogP) is 3.50. The first-order valence-electron chi connectivity index (χ1n) is 12.8. The monoisotopic (exact) mass is 591 g/mol. The Morgan fingerprint density at radius 2 is 2.12 bits per heavy atom. The van der Waals surface area contributed by atoms with E-state index in [0.29, 0.717) is 51.2 Å². The maximum atomic E-state index is 13.0. The molecule has 2 aromatic heterocycles. The number of nitrogens with one attached hydrogen (secondary N) is 4. The Hall–Kier alpha value is -5.08. The van der Waals surface area contributed by atoms with Crippen molar-refractivity contribution >= 4 is 47.0 Å². The van der Waals surface area contributed by atoms with Crippen LogP contribution in [0, 0.1) is 0 Å². The smallest absolute Gasteiger partial charge is 0.411 e. The van der Waals surface area contributed by atoms with Crippen LogP contribution in [0.3, 0.4) is 0 Å². The number of aromatic nitrogens is 6. The molecule has 14 nitrogen and oxygen atoms in total. The molecule has 5 rings (SSSR count). The van der Waals surface area contributed by atoms with Crippen LogP contribution in [-0.2, 0) is 19.1 Å². The van der Waals surface area contributed by atoms with E-state index in [4.69, 9.17) is 16.3 Å². The molecule has 15 heteroatoms. The highest BCUT2D eigenvalue weighted by molar-refractivity contribution is 6.30. The molecule has 0 saturated heterocycles. The van der Waals surface area contributed by atoms with Crippen LogP contribution in [0.4, 0.5) is 16.2 Å². The Morgan fingerprint density at radius 1 is 1.24 bits per heavy atom. The molecular formula is C27H26ClN9O5. The van der Waals surface area contributed by atoms with Crippen LogP contribution in [0.1, 0.15) is 30.3 Å². The van der Waals surface area contributed by atoms with Crippen LogP contribution < -0.4 is 16.0 Å². The van der Waals surface area contributed by atoms with E-state index in [2.05, 4.69) is 46.2 Å². The van der Waals surface area contributed by atoms with Crippen molar-refractivity contribution in [2.24, 2.45) is 0 Å². The average molecular weight is 592 g/mol. The summed E-state index contributed by atoms with van der Waals surface area (Å²) >= 11 is 6.18. The quantitative estimate of drug-likeness (QED) is 0.253. The lowest BCUT2D eigenvalue weighted by molar-refractivity contribution is -0.117. The number of rotatable bonds is 5. The van der Waals surface area contributed by atoms with Crippen LogP contribution in [0.2, 0.25) is 5.02 Å².